The summed E-state index contributed by atoms with van der Waals surface area (Å²) in [5.74, 6) is 0.294. The van der Waals surface area contributed by atoms with Crippen LogP contribution in [0.15, 0.2) is 67.6 Å². The van der Waals surface area contributed by atoms with Crippen LogP contribution in [0, 0.1) is 5.82 Å². The van der Waals surface area contributed by atoms with Crippen molar-refractivity contribution in [1.82, 2.24) is 40.1 Å². The van der Waals surface area contributed by atoms with Gasteiger partial charge in [-0.05, 0) is 23.8 Å². The van der Waals surface area contributed by atoms with Crippen molar-refractivity contribution in [1.29, 1.82) is 0 Å². The third kappa shape index (κ3) is 2.91. The van der Waals surface area contributed by atoms with E-state index in [9.17, 15) is 4.39 Å². The van der Waals surface area contributed by atoms with Gasteiger partial charge < -0.3 is 4.98 Å². The second-order valence-electron chi connectivity index (χ2n) is 7.00. The van der Waals surface area contributed by atoms with Crippen LogP contribution in [-0.2, 0) is 0 Å². The molecule has 6 aromatic rings. The maximum absolute atomic E-state index is 13.3. The molecule has 0 amide bonds. The summed E-state index contributed by atoms with van der Waals surface area (Å²) in [6.07, 6.45) is 10.1. The van der Waals surface area contributed by atoms with Gasteiger partial charge in [-0.25, -0.2) is 24.3 Å². The maximum Gasteiger partial charge on any atom is 0.159 e. The van der Waals surface area contributed by atoms with Crippen LogP contribution >= 0.6 is 0 Å². The van der Waals surface area contributed by atoms with E-state index in [0.717, 1.165) is 38.7 Å². The third-order valence-corrected chi connectivity index (χ3v) is 5.08. The summed E-state index contributed by atoms with van der Waals surface area (Å²) >= 11 is 0. The third-order valence-electron chi connectivity index (χ3n) is 5.08. The Kier molecular flexibility index (Phi) is 3.79. The fraction of sp³-hybridized carbons (Fsp3) is 0. The number of hydrogen-bond donors (Lipinski definition) is 2. The van der Waals surface area contributed by atoms with Crippen LogP contribution in [0.4, 0.5) is 4.39 Å². The minimum Gasteiger partial charge on any atom is -0.335 e. The largest absolute Gasteiger partial charge is 0.335 e. The molecule has 0 saturated heterocycles. The Bertz CT molecular complexity index is 1540. The molecule has 5 heterocycles. The molecule has 0 unspecified atom stereocenters. The van der Waals surface area contributed by atoms with E-state index >= 15 is 0 Å². The van der Waals surface area contributed by atoms with Gasteiger partial charge in [0, 0.05) is 41.5 Å². The van der Waals surface area contributed by atoms with Crippen LogP contribution in [0.2, 0.25) is 0 Å². The topological polar surface area (TPSA) is 109 Å². The van der Waals surface area contributed by atoms with Gasteiger partial charge in [-0.1, -0.05) is 12.1 Å². The first-order valence-corrected chi connectivity index (χ1v) is 9.46. The highest BCUT2D eigenvalue weighted by Crippen LogP contribution is 2.31. The Labute approximate surface area is 174 Å². The van der Waals surface area contributed by atoms with Gasteiger partial charge in [0.2, 0.25) is 0 Å². The summed E-state index contributed by atoms with van der Waals surface area (Å²) in [6, 6.07) is 8.24. The summed E-state index contributed by atoms with van der Waals surface area (Å²) in [7, 11) is 0. The molecule has 148 valence electrons. The smallest absolute Gasteiger partial charge is 0.159 e. The fourth-order valence-electron chi connectivity index (χ4n) is 3.58. The van der Waals surface area contributed by atoms with E-state index in [1.54, 1.807) is 43.1 Å². The van der Waals surface area contributed by atoms with Gasteiger partial charge in [0.25, 0.3) is 0 Å². The van der Waals surface area contributed by atoms with Gasteiger partial charge in [0.05, 0.1) is 22.6 Å². The molecule has 1 aromatic carbocycles. The molecule has 0 radical (unpaired) electrons. The van der Waals surface area contributed by atoms with Crippen molar-refractivity contribution < 1.29 is 4.39 Å². The Hall–Kier alpha value is -4.53. The number of nitrogens with one attached hydrogen (secondary N) is 2. The number of benzene rings is 1. The molecule has 0 aliphatic rings. The van der Waals surface area contributed by atoms with Crippen molar-refractivity contribution in [3.05, 3.63) is 73.5 Å². The lowest BCUT2D eigenvalue weighted by Crippen LogP contribution is -1.86. The highest BCUT2D eigenvalue weighted by molar-refractivity contribution is 5.96. The Morgan fingerprint density at radius 1 is 0.806 bits per heavy atom. The molecule has 31 heavy (non-hydrogen) atoms. The van der Waals surface area contributed by atoms with Crippen LogP contribution < -0.4 is 0 Å². The average Bonchev–Trinajstić information content (AvgIpc) is 3.43. The monoisotopic (exact) mass is 408 g/mol. The van der Waals surface area contributed by atoms with Gasteiger partial charge >= 0.3 is 0 Å². The fourth-order valence-corrected chi connectivity index (χ4v) is 3.58. The first-order chi connectivity index (χ1) is 15.3. The molecular weight excluding hydrogens is 395 g/mol. The quantitative estimate of drug-likeness (QED) is 0.455. The van der Waals surface area contributed by atoms with Crippen LogP contribution in [0.25, 0.3) is 55.8 Å². The molecule has 0 fully saturated rings. The SMILES string of the molecule is Fc1ccc(-c2cncc3[nH]c(-c4n[nH]c5ncc(-c6cncnc6)cc45)nc23)cc1. The number of pyridine rings is 2. The number of imidazole rings is 1. The molecule has 0 saturated carbocycles. The Morgan fingerprint density at radius 3 is 2.48 bits per heavy atom. The van der Waals surface area contributed by atoms with E-state index < -0.39 is 0 Å². The van der Waals surface area contributed by atoms with E-state index in [-0.39, 0.29) is 5.82 Å². The normalized spacial score (nSPS) is 11.4. The zero-order valence-electron chi connectivity index (χ0n) is 15.9. The average molecular weight is 408 g/mol. The Balaban J connectivity index is 1.51. The second kappa shape index (κ2) is 6.77. The van der Waals surface area contributed by atoms with Crippen molar-refractivity contribution in [2.75, 3.05) is 0 Å². The second-order valence-corrected chi connectivity index (χ2v) is 7.00. The van der Waals surface area contributed by atoms with Gasteiger partial charge in [-0.2, -0.15) is 5.10 Å². The standard InChI is InChI=1S/C22H13FN8/c23-15-3-1-12(2-4-15)17-9-24-10-18-19(17)29-22(28-18)20-16-5-13(8-27-21(16)31-30-20)14-6-25-11-26-7-14/h1-11H,(H,28,29)(H,27,30,31). The van der Waals surface area contributed by atoms with E-state index in [2.05, 4.69) is 35.1 Å². The number of halogens is 1. The molecule has 8 nitrogen and oxygen atoms in total. The van der Waals surface area contributed by atoms with Gasteiger partial charge in [-0.15, -0.1) is 0 Å². The molecular formula is C22H13FN8. The summed E-state index contributed by atoms with van der Waals surface area (Å²) in [6.45, 7) is 0. The highest BCUT2D eigenvalue weighted by atomic mass is 19.1. The molecule has 0 spiro atoms. The van der Waals surface area contributed by atoms with E-state index in [1.807, 2.05) is 6.07 Å². The van der Waals surface area contributed by atoms with E-state index in [1.165, 1.54) is 18.5 Å². The molecule has 2 N–H and O–H groups in total. The Morgan fingerprint density at radius 2 is 1.65 bits per heavy atom. The first-order valence-electron chi connectivity index (χ1n) is 9.46. The first kappa shape index (κ1) is 17.3. The number of fused-ring (bicyclic) bond motifs is 2. The van der Waals surface area contributed by atoms with Crippen molar-refractivity contribution in [2.24, 2.45) is 0 Å². The number of nitrogens with zero attached hydrogens (tertiary/aromatic N) is 6. The van der Waals surface area contributed by atoms with Gasteiger partial charge in [0.15, 0.2) is 11.5 Å². The van der Waals surface area contributed by atoms with Crippen molar-refractivity contribution in [3.63, 3.8) is 0 Å². The maximum atomic E-state index is 13.3. The number of rotatable bonds is 3. The minimum absolute atomic E-state index is 0.290. The molecule has 6 rings (SSSR count). The lowest BCUT2D eigenvalue weighted by molar-refractivity contribution is 0.628. The molecule has 0 atom stereocenters. The molecule has 0 aliphatic carbocycles. The summed E-state index contributed by atoms with van der Waals surface area (Å²) in [5, 5.41) is 8.20. The highest BCUT2D eigenvalue weighted by Gasteiger charge is 2.16. The number of aromatic nitrogens is 8. The lowest BCUT2D eigenvalue weighted by atomic mass is 10.1. The number of hydrogen-bond acceptors (Lipinski definition) is 6. The predicted octanol–water partition coefficient (Wildman–Crippen LogP) is 4.16. The van der Waals surface area contributed by atoms with Crippen molar-refractivity contribution in [3.8, 4) is 33.8 Å². The number of H-pyrrole nitrogens is 2. The van der Waals surface area contributed by atoms with Crippen molar-refractivity contribution in [2.45, 2.75) is 0 Å². The summed E-state index contributed by atoms with van der Waals surface area (Å²) in [4.78, 5) is 25.0. The van der Waals surface area contributed by atoms with Crippen LogP contribution in [-0.4, -0.2) is 40.1 Å². The zero-order valence-corrected chi connectivity index (χ0v) is 15.9. The van der Waals surface area contributed by atoms with Crippen LogP contribution in [0.5, 0.6) is 0 Å². The zero-order chi connectivity index (χ0) is 20.8. The van der Waals surface area contributed by atoms with Gasteiger partial charge in [-0.3, -0.25) is 10.1 Å². The van der Waals surface area contributed by atoms with Gasteiger partial charge in [0.1, 0.15) is 17.8 Å². The lowest BCUT2D eigenvalue weighted by Gasteiger charge is -2.01. The molecule has 0 bridgehead atoms. The summed E-state index contributed by atoms with van der Waals surface area (Å²) < 4.78 is 13.3. The van der Waals surface area contributed by atoms with Crippen LogP contribution in [0.1, 0.15) is 0 Å². The molecule has 9 heteroatoms. The van der Waals surface area contributed by atoms with E-state index in [0.29, 0.717) is 17.2 Å². The molecule has 5 aromatic heterocycles. The predicted molar refractivity (Wildman–Crippen MR) is 113 cm³/mol. The van der Waals surface area contributed by atoms with Crippen molar-refractivity contribution >= 4 is 22.1 Å². The van der Waals surface area contributed by atoms with Crippen LogP contribution in [0.3, 0.4) is 0 Å². The summed E-state index contributed by atoms with van der Waals surface area (Å²) in [5.41, 5.74) is 6.15. The number of aromatic amines is 2. The molecule has 0 aliphatic heterocycles. The minimum atomic E-state index is -0.290. The van der Waals surface area contributed by atoms with E-state index in [4.69, 9.17) is 4.98 Å².